The molecule has 20 heavy (non-hydrogen) atoms. The summed E-state index contributed by atoms with van der Waals surface area (Å²) in [5.74, 6) is 0.836. The van der Waals surface area contributed by atoms with Crippen LogP contribution in [0.2, 0.25) is 0 Å². The lowest BCUT2D eigenvalue weighted by Crippen LogP contribution is -2.06. The van der Waals surface area contributed by atoms with Crippen molar-refractivity contribution in [2.75, 3.05) is 19.5 Å². The molecule has 5 nitrogen and oxygen atoms in total. The van der Waals surface area contributed by atoms with Crippen LogP contribution in [0.25, 0.3) is 22.6 Å². The van der Waals surface area contributed by atoms with E-state index in [0.717, 1.165) is 29.1 Å². The monoisotopic (exact) mass is 268 g/mol. The summed E-state index contributed by atoms with van der Waals surface area (Å²) < 4.78 is 7.31. The third kappa shape index (κ3) is 2.23. The molecule has 0 saturated carbocycles. The second kappa shape index (κ2) is 5.30. The van der Waals surface area contributed by atoms with Crippen LogP contribution >= 0.6 is 0 Å². The normalized spacial score (nSPS) is 11.1. The second-order valence-electron chi connectivity index (χ2n) is 4.55. The summed E-state index contributed by atoms with van der Waals surface area (Å²) in [6, 6.07) is 11.8. The van der Waals surface area contributed by atoms with Crippen LogP contribution in [-0.2, 0) is 11.3 Å². The van der Waals surface area contributed by atoms with Crippen LogP contribution in [-0.4, -0.2) is 28.3 Å². The Hall–Kier alpha value is -2.40. The number of hydrogen-bond donors (Lipinski definition) is 1. The average Bonchev–Trinajstić information content (AvgIpc) is 2.84. The van der Waals surface area contributed by atoms with Gasteiger partial charge in [0.2, 0.25) is 0 Å². The third-order valence-corrected chi connectivity index (χ3v) is 3.19. The minimum atomic E-state index is 0.627. The van der Waals surface area contributed by atoms with Crippen LogP contribution in [0.15, 0.2) is 42.6 Å². The lowest BCUT2D eigenvalue weighted by molar-refractivity contribution is 0.188. The largest absolute Gasteiger partial charge is 0.397 e. The van der Waals surface area contributed by atoms with Gasteiger partial charge in [0.05, 0.1) is 29.5 Å². The third-order valence-electron chi connectivity index (χ3n) is 3.19. The number of pyridine rings is 1. The van der Waals surface area contributed by atoms with E-state index >= 15 is 0 Å². The Balaban J connectivity index is 2.15. The molecule has 2 N–H and O–H groups in total. The molecule has 0 saturated heterocycles. The van der Waals surface area contributed by atoms with Gasteiger partial charge in [0.15, 0.2) is 5.82 Å². The molecule has 0 aliphatic heterocycles. The SMILES string of the molecule is COCCn1c(-c2ccc(N)cn2)nc2ccccc21. The van der Waals surface area contributed by atoms with Gasteiger partial charge in [-0.1, -0.05) is 12.1 Å². The van der Waals surface area contributed by atoms with E-state index in [4.69, 9.17) is 10.5 Å². The van der Waals surface area contributed by atoms with Crippen molar-refractivity contribution in [3.63, 3.8) is 0 Å². The number of fused-ring (bicyclic) bond motifs is 1. The minimum Gasteiger partial charge on any atom is -0.397 e. The van der Waals surface area contributed by atoms with Gasteiger partial charge in [-0.05, 0) is 24.3 Å². The Labute approximate surface area is 117 Å². The predicted octanol–water partition coefficient (Wildman–Crippen LogP) is 2.33. The first kappa shape index (κ1) is 12.6. The summed E-state index contributed by atoms with van der Waals surface area (Å²) in [6.45, 7) is 1.36. The summed E-state index contributed by atoms with van der Waals surface area (Å²) >= 11 is 0. The maximum absolute atomic E-state index is 5.69. The first-order valence-corrected chi connectivity index (χ1v) is 6.45. The lowest BCUT2D eigenvalue weighted by Gasteiger charge is -2.08. The zero-order valence-corrected chi connectivity index (χ0v) is 11.3. The van der Waals surface area contributed by atoms with Crippen LogP contribution in [0.1, 0.15) is 0 Å². The van der Waals surface area contributed by atoms with E-state index in [-0.39, 0.29) is 0 Å². The van der Waals surface area contributed by atoms with Gasteiger partial charge < -0.3 is 15.0 Å². The molecule has 0 bridgehead atoms. The van der Waals surface area contributed by atoms with Gasteiger partial charge >= 0.3 is 0 Å². The average molecular weight is 268 g/mol. The number of hydrogen-bond acceptors (Lipinski definition) is 4. The Bertz CT molecular complexity index is 718. The maximum Gasteiger partial charge on any atom is 0.159 e. The predicted molar refractivity (Wildman–Crippen MR) is 79.3 cm³/mol. The molecular weight excluding hydrogens is 252 g/mol. The lowest BCUT2D eigenvalue weighted by atomic mass is 10.3. The van der Waals surface area contributed by atoms with Crippen molar-refractivity contribution in [1.82, 2.24) is 14.5 Å². The van der Waals surface area contributed by atoms with Crippen LogP contribution in [0.4, 0.5) is 5.69 Å². The molecule has 0 unspecified atom stereocenters. The van der Waals surface area contributed by atoms with Gasteiger partial charge in [-0.3, -0.25) is 4.98 Å². The van der Waals surface area contributed by atoms with E-state index in [1.165, 1.54) is 0 Å². The quantitative estimate of drug-likeness (QED) is 0.788. The van der Waals surface area contributed by atoms with E-state index < -0.39 is 0 Å². The van der Waals surface area contributed by atoms with Gasteiger partial charge in [-0.25, -0.2) is 4.98 Å². The van der Waals surface area contributed by atoms with Crippen molar-refractivity contribution in [2.24, 2.45) is 0 Å². The highest BCUT2D eigenvalue weighted by molar-refractivity contribution is 5.80. The number of nitrogen functional groups attached to an aromatic ring is 1. The summed E-state index contributed by atoms with van der Waals surface area (Å²) in [6.07, 6.45) is 1.65. The van der Waals surface area contributed by atoms with E-state index in [2.05, 4.69) is 20.6 Å². The van der Waals surface area contributed by atoms with E-state index in [1.54, 1.807) is 13.3 Å². The highest BCUT2D eigenvalue weighted by Gasteiger charge is 2.12. The molecule has 0 spiro atoms. The second-order valence-corrected chi connectivity index (χ2v) is 4.55. The molecule has 5 heteroatoms. The molecule has 0 fully saturated rings. The number of imidazole rings is 1. The number of nitrogens with two attached hydrogens (primary N) is 1. The fourth-order valence-corrected chi connectivity index (χ4v) is 2.22. The van der Waals surface area contributed by atoms with Crippen LogP contribution in [0.3, 0.4) is 0 Å². The van der Waals surface area contributed by atoms with Gasteiger partial charge in [0.1, 0.15) is 5.69 Å². The number of nitrogens with zero attached hydrogens (tertiary/aromatic N) is 3. The van der Waals surface area contributed by atoms with Crippen LogP contribution < -0.4 is 5.73 Å². The first-order chi connectivity index (χ1) is 9.79. The number of anilines is 1. The standard InChI is InChI=1S/C15H16N4O/c1-20-9-8-19-14-5-3-2-4-12(14)18-15(19)13-7-6-11(16)10-17-13/h2-7,10H,8-9,16H2,1H3. The summed E-state index contributed by atoms with van der Waals surface area (Å²) in [5.41, 5.74) is 9.18. The van der Waals surface area contributed by atoms with E-state index in [0.29, 0.717) is 12.3 Å². The molecule has 102 valence electrons. The number of aromatic nitrogens is 3. The van der Waals surface area contributed by atoms with Crippen molar-refractivity contribution in [1.29, 1.82) is 0 Å². The topological polar surface area (TPSA) is 66.0 Å². The Morgan fingerprint density at radius 3 is 2.80 bits per heavy atom. The number of benzene rings is 1. The number of ether oxygens (including phenoxy) is 1. The molecule has 3 rings (SSSR count). The molecule has 0 aliphatic carbocycles. The minimum absolute atomic E-state index is 0.627. The Morgan fingerprint density at radius 2 is 2.05 bits per heavy atom. The van der Waals surface area contributed by atoms with E-state index in [9.17, 15) is 0 Å². The fraction of sp³-hybridized carbons (Fsp3) is 0.200. The molecule has 0 atom stereocenters. The molecule has 1 aromatic carbocycles. The van der Waals surface area contributed by atoms with Crippen molar-refractivity contribution in [3.8, 4) is 11.5 Å². The molecular formula is C15H16N4O. The maximum atomic E-state index is 5.69. The Morgan fingerprint density at radius 1 is 1.20 bits per heavy atom. The molecule has 2 heterocycles. The highest BCUT2D eigenvalue weighted by atomic mass is 16.5. The molecule has 0 amide bonds. The van der Waals surface area contributed by atoms with Gasteiger partial charge in [0.25, 0.3) is 0 Å². The fourth-order valence-electron chi connectivity index (χ4n) is 2.22. The zero-order chi connectivity index (χ0) is 13.9. The zero-order valence-electron chi connectivity index (χ0n) is 11.3. The number of rotatable bonds is 4. The van der Waals surface area contributed by atoms with Crippen molar-refractivity contribution < 1.29 is 4.74 Å². The van der Waals surface area contributed by atoms with Crippen LogP contribution in [0, 0.1) is 0 Å². The van der Waals surface area contributed by atoms with Crippen LogP contribution in [0.5, 0.6) is 0 Å². The molecule has 2 aromatic heterocycles. The summed E-state index contributed by atoms with van der Waals surface area (Å²) in [7, 11) is 1.69. The van der Waals surface area contributed by atoms with Gasteiger partial charge in [-0.15, -0.1) is 0 Å². The van der Waals surface area contributed by atoms with Crippen molar-refractivity contribution >= 4 is 16.7 Å². The molecule has 0 radical (unpaired) electrons. The summed E-state index contributed by atoms with van der Waals surface area (Å²) in [4.78, 5) is 9.03. The number of para-hydroxylation sites is 2. The highest BCUT2D eigenvalue weighted by Crippen LogP contribution is 2.23. The van der Waals surface area contributed by atoms with Gasteiger partial charge in [0, 0.05) is 13.7 Å². The van der Waals surface area contributed by atoms with Crippen molar-refractivity contribution in [3.05, 3.63) is 42.6 Å². The Kier molecular flexibility index (Phi) is 3.35. The summed E-state index contributed by atoms with van der Waals surface area (Å²) in [5, 5.41) is 0. The molecule has 3 aromatic rings. The van der Waals surface area contributed by atoms with Gasteiger partial charge in [-0.2, -0.15) is 0 Å². The smallest absolute Gasteiger partial charge is 0.159 e. The molecule has 0 aliphatic rings. The number of methoxy groups -OCH3 is 1. The van der Waals surface area contributed by atoms with Crippen molar-refractivity contribution in [2.45, 2.75) is 6.54 Å². The first-order valence-electron chi connectivity index (χ1n) is 6.45. The van der Waals surface area contributed by atoms with E-state index in [1.807, 2.05) is 30.3 Å².